The van der Waals surface area contributed by atoms with Gasteiger partial charge in [-0.15, -0.1) is 0 Å². The third kappa shape index (κ3) is 5.73. The Bertz CT molecular complexity index is 1690. The fourth-order valence-electron chi connectivity index (χ4n) is 6.00. The molecule has 44 heavy (non-hydrogen) atoms. The SMILES string of the molecule is CCCCCC=CC=CC(=O)O[C@H]1[C@H](C)O[C@H](c2ccc3c(c2O)C(=O)c2cc4c(O)cc(C)cc4c(O)c2C3=O)C[C@@H]1O. The number of hydrogen-bond acceptors (Lipinski definition) is 9. The second-order valence-electron chi connectivity index (χ2n) is 11.4. The van der Waals surface area contributed by atoms with Crippen molar-refractivity contribution in [1.82, 2.24) is 0 Å². The van der Waals surface area contributed by atoms with Gasteiger partial charge in [0.2, 0.25) is 0 Å². The Morgan fingerprint density at radius 3 is 2.43 bits per heavy atom. The van der Waals surface area contributed by atoms with Crippen molar-refractivity contribution < 1.29 is 44.3 Å². The average molecular weight is 601 g/mol. The van der Waals surface area contributed by atoms with Crippen LogP contribution < -0.4 is 0 Å². The van der Waals surface area contributed by atoms with Crippen molar-refractivity contribution in [3.63, 3.8) is 0 Å². The van der Waals surface area contributed by atoms with Crippen molar-refractivity contribution in [2.24, 2.45) is 0 Å². The van der Waals surface area contributed by atoms with Crippen LogP contribution >= 0.6 is 0 Å². The van der Waals surface area contributed by atoms with E-state index in [1.165, 1.54) is 30.3 Å². The number of hydrogen-bond donors (Lipinski definition) is 4. The Kier molecular flexibility index (Phi) is 8.90. The highest BCUT2D eigenvalue weighted by atomic mass is 16.6. The van der Waals surface area contributed by atoms with Gasteiger partial charge in [-0.25, -0.2) is 4.79 Å². The van der Waals surface area contributed by atoms with Gasteiger partial charge in [0, 0.05) is 40.0 Å². The summed E-state index contributed by atoms with van der Waals surface area (Å²) in [4.78, 5) is 39.6. The molecule has 0 bridgehead atoms. The summed E-state index contributed by atoms with van der Waals surface area (Å²) in [6.07, 6.45) is 7.14. The average Bonchev–Trinajstić information content (AvgIpc) is 2.97. The van der Waals surface area contributed by atoms with Crippen molar-refractivity contribution in [3.8, 4) is 17.2 Å². The number of benzene rings is 3. The van der Waals surface area contributed by atoms with E-state index in [1.54, 1.807) is 32.1 Å². The molecular weight excluding hydrogens is 564 g/mol. The summed E-state index contributed by atoms with van der Waals surface area (Å²) < 4.78 is 11.5. The minimum Gasteiger partial charge on any atom is -0.507 e. The van der Waals surface area contributed by atoms with Crippen molar-refractivity contribution in [2.45, 2.75) is 77.3 Å². The van der Waals surface area contributed by atoms with Crippen LogP contribution in [0, 0.1) is 6.92 Å². The van der Waals surface area contributed by atoms with E-state index in [2.05, 4.69) is 6.92 Å². The first kappa shape index (κ1) is 31.0. The van der Waals surface area contributed by atoms with Gasteiger partial charge in [-0.2, -0.15) is 0 Å². The fraction of sp³-hybridized carbons (Fsp3) is 0.343. The first-order chi connectivity index (χ1) is 21.0. The maximum Gasteiger partial charge on any atom is 0.331 e. The Morgan fingerprint density at radius 1 is 0.977 bits per heavy atom. The number of carbonyl (C=O) groups is 3. The van der Waals surface area contributed by atoms with Crippen molar-refractivity contribution >= 4 is 28.3 Å². The van der Waals surface area contributed by atoms with E-state index in [-0.39, 0.29) is 50.8 Å². The van der Waals surface area contributed by atoms with Gasteiger partial charge in [-0.05, 0) is 56.5 Å². The van der Waals surface area contributed by atoms with Crippen LogP contribution in [0.5, 0.6) is 17.2 Å². The van der Waals surface area contributed by atoms with Gasteiger partial charge < -0.3 is 29.9 Å². The molecule has 1 aliphatic heterocycles. The molecule has 0 amide bonds. The quantitative estimate of drug-likeness (QED) is 0.0844. The molecule has 4 atom stereocenters. The zero-order valence-electron chi connectivity index (χ0n) is 24.9. The van der Waals surface area contributed by atoms with Crippen LogP contribution in [0.25, 0.3) is 10.8 Å². The lowest BCUT2D eigenvalue weighted by molar-refractivity contribution is -0.190. The summed E-state index contributed by atoms with van der Waals surface area (Å²) in [5, 5.41) is 44.1. The van der Waals surface area contributed by atoms with E-state index >= 15 is 0 Å². The van der Waals surface area contributed by atoms with Gasteiger partial charge in [0.25, 0.3) is 0 Å². The zero-order chi connectivity index (χ0) is 31.7. The second kappa shape index (κ2) is 12.6. The number of phenols is 3. The first-order valence-electron chi connectivity index (χ1n) is 14.8. The Morgan fingerprint density at radius 2 is 1.70 bits per heavy atom. The molecule has 1 heterocycles. The summed E-state index contributed by atoms with van der Waals surface area (Å²) >= 11 is 0. The fourth-order valence-corrected chi connectivity index (χ4v) is 6.00. The number of phenolic OH excluding ortho intramolecular Hbond substituents is 3. The molecule has 0 unspecified atom stereocenters. The highest BCUT2D eigenvalue weighted by molar-refractivity contribution is 6.32. The Labute approximate surface area is 255 Å². The molecule has 0 radical (unpaired) electrons. The number of fused-ring (bicyclic) bond motifs is 3. The lowest BCUT2D eigenvalue weighted by Crippen LogP contribution is -2.46. The predicted molar refractivity (Wildman–Crippen MR) is 163 cm³/mol. The molecule has 4 N–H and O–H groups in total. The van der Waals surface area contributed by atoms with Gasteiger partial charge in [-0.3, -0.25) is 9.59 Å². The van der Waals surface area contributed by atoms with Crippen LogP contribution in [0.3, 0.4) is 0 Å². The summed E-state index contributed by atoms with van der Waals surface area (Å²) in [6.45, 7) is 5.49. The third-order valence-corrected chi connectivity index (χ3v) is 8.23. The van der Waals surface area contributed by atoms with Crippen LogP contribution in [0.1, 0.15) is 95.0 Å². The van der Waals surface area contributed by atoms with Gasteiger partial charge in [0.1, 0.15) is 17.2 Å². The molecule has 5 rings (SSSR count). The number of rotatable bonds is 8. The molecule has 0 aromatic heterocycles. The van der Waals surface area contributed by atoms with Crippen molar-refractivity contribution in [3.05, 3.63) is 88.0 Å². The molecule has 1 fully saturated rings. The summed E-state index contributed by atoms with van der Waals surface area (Å²) in [5.74, 6) is -3.04. The maximum atomic E-state index is 13.7. The van der Waals surface area contributed by atoms with Crippen molar-refractivity contribution in [2.75, 3.05) is 0 Å². The molecule has 2 aliphatic rings. The van der Waals surface area contributed by atoms with E-state index in [0.29, 0.717) is 5.56 Å². The molecule has 9 heteroatoms. The number of ether oxygens (including phenoxy) is 2. The number of aromatic hydroxyl groups is 3. The highest BCUT2D eigenvalue weighted by Crippen LogP contribution is 2.45. The molecule has 3 aromatic carbocycles. The van der Waals surface area contributed by atoms with Crippen molar-refractivity contribution in [1.29, 1.82) is 0 Å². The summed E-state index contributed by atoms with van der Waals surface area (Å²) in [6, 6.07) is 7.27. The topological polar surface area (TPSA) is 151 Å². The first-order valence-corrected chi connectivity index (χ1v) is 14.8. The lowest BCUT2D eigenvalue weighted by atomic mass is 9.79. The second-order valence-corrected chi connectivity index (χ2v) is 11.4. The maximum absolute atomic E-state index is 13.7. The minimum absolute atomic E-state index is 0.0486. The van der Waals surface area contributed by atoms with Gasteiger partial charge in [-0.1, -0.05) is 44.1 Å². The summed E-state index contributed by atoms with van der Waals surface area (Å²) in [7, 11) is 0. The molecule has 9 nitrogen and oxygen atoms in total. The molecule has 0 saturated carbocycles. The number of unbranched alkanes of at least 4 members (excludes halogenated alkanes) is 3. The predicted octanol–water partition coefficient (Wildman–Crippen LogP) is 5.86. The number of aryl methyl sites for hydroxylation is 1. The lowest BCUT2D eigenvalue weighted by Gasteiger charge is -2.38. The largest absolute Gasteiger partial charge is 0.507 e. The number of esters is 1. The molecule has 3 aromatic rings. The monoisotopic (exact) mass is 600 g/mol. The van der Waals surface area contributed by atoms with Crippen LogP contribution in [0.2, 0.25) is 0 Å². The zero-order valence-corrected chi connectivity index (χ0v) is 24.9. The number of aliphatic hydroxyl groups is 1. The van der Waals surface area contributed by atoms with Crippen LogP contribution in [-0.4, -0.2) is 56.3 Å². The van der Waals surface area contributed by atoms with Crippen LogP contribution in [0.15, 0.2) is 54.6 Å². The number of carbonyl (C=O) groups excluding carboxylic acids is 3. The van der Waals surface area contributed by atoms with Gasteiger partial charge >= 0.3 is 5.97 Å². The standard InChI is InChI=1S/C35H36O9/c1-4-5-6-7-8-9-10-11-28(38)44-35-19(3)43-27(17-26(35)37)20-12-13-21-29(31(20)39)34(42)24-16-22-23(14-18(2)15-25(22)36)33(41)30(24)32(21)40/h8-16,19,26-27,35-37,39,41H,4-7,17H2,1-3H3/t19-,26-,27-,35-/m0/s1. The number of aliphatic hydroxyl groups excluding tert-OH is 1. The van der Waals surface area contributed by atoms with E-state index < -0.39 is 53.5 Å². The van der Waals surface area contributed by atoms with E-state index in [0.717, 1.165) is 25.7 Å². The van der Waals surface area contributed by atoms with Gasteiger partial charge in [0.15, 0.2) is 17.7 Å². The normalized spacial score (nSPS) is 21.6. The molecule has 230 valence electrons. The third-order valence-electron chi connectivity index (χ3n) is 8.23. The minimum atomic E-state index is -1.13. The highest BCUT2D eigenvalue weighted by Gasteiger charge is 2.42. The molecule has 1 aliphatic carbocycles. The van der Waals surface area contributed by atoms with E-state index in [1.807, 2.05) is 6.08 Å². The van der Waals surface area contributed by atoms with Crippen LogP contribution in [0.4, 0.5) is 0 Å². The smallest absolute Gasteiger partial charge is 0.331 e. The molecule has 0 spiro atoms. The molecule has 1 saturated heterocycles. The Hall–Kier alpha value is -4.47. The molecular formula is C35H36O9. The summed E-state index contributed by atoms with van der Waals surface area (Å²) in [5.41, 5.74) is 0.157. The number of ketones is 2. The van der Waals surface area contributed by atoms with E-state index in [9.17, 15) is 34.8 Å². The van der Waals surface area contributed by atoms with E-state index in [4.69, 9.17) is 9.47 Å². The van der Waals surface area contributed by atoms with Gasteiger partial charge in [0.05, 0.1) is 29.4 Å². The Balaban J connectivity index is 1.36. The number of allylic oxidation sites excluding steroid dienone is 3. The van der Waals surface area contributed by atoms with Crippen LogP contribution in [-0.2, 0) is 14.3 Å².